The highest BCUT2D eigenvalue weighted by Gasteiger charge is 2.29. The van der Waals surface area contributed by atoms with Crippen LogP contribution in [-0.2, 0) is 0 Å². The maximum atomic E-state index is 12.0. The fourth-order valence-corrected chi connectivity index (χ4v) is 2.63. The van der Waals surface area contributed by atoms with Crippen molar-refractivity contribution in [3.63, 3.8) is 0 Å². The summed E-state index contributed by atoms with van der Waals surface area (Å²) in [4.78, 5) is 12.0. The molecule has 4 nitrogen and oxygen atoms in total. The quantitative estimate of drug-likeness (QED) is 0.771. The Morgan fingerprint density at radius 3 is 2.50 bits per heavy atom. The monoisotopic (exact) mass is 340 g/mol. The number of aliphatic hydroxyl groups excluding tert-OH is 1. The molecule has 0 bridgehead atoms. The van der Waals surface area contributed by atoms with Crippen molar-refractivity contribution >= 4 is 22.0 Å². The fourth-order valence-electron chi connectivity index (χ4n) is 2.37. The van der Waals surface area contributed by atoms with Gasteiger partial charge in [0.05, 0.1) is 18.7 Å². The molecule has 5 heteroatoms. The Morgan fingerprint density at radius 2 is 2.00 bits per heavy atom. The second-order valence-electron chi connectivity index (χ2n) is 5.42. The second-order valence-corrected chi connectivity index (χ2v) is 6.34. The van der Waals surface area contributed by atoms with Crippen molar-refractivity contribution in [2.24, 2.45) is 5.92 Å². The Hall–Kier alpha value is -1.07. The largest absolute Gasteiger partial charge is 0.394 e. The van der Waals surface area contributed by atoms with Gasteiger partial charge in [0.25, 0.3) is 0 Å². The maximum absolute atomic E-state index is 12.0. The van der Waals surface area contributed by atoms with Gasteiger partial charge in [0, 0.05) is 4.47 Å². The second kappa shape index (κ2) is 7.09. The summed E-state index contributed by atoms with van der Waals surface area (Å²) in [6.45, 7) is 1.72. The van der Waals surface area contributed by atoms with E-state index in [2.05, 4.69) is 26.6 Å². The summed E-state index contributed by atoms with van der Waals surface area (Å²) in [7, 11) is 0. The summed E-state index contributed by atoms with van der Waals surface area (Å²) < 4.78 is 1.03. The minimum Gasteiger partial charge on any atom is -0.394 e. The molecule has 1 fully saturated rings. The molecule has 1 aromatic carbocycles. The third-order valence-electron chi connectivity index (χ3n) is 3.79. The van der Waals surface area contributed by atoms with Gasteiger partial charge in [0.15, 0.2) is 0 Å². The van der Waals surface area contributed by atoms with Gasteiger partial charge in [0.1, 0.15) is 0 Å². The van der Waals surface area contributed by atoms with Crippen LogP contribution < -0.4 is 10.6 Å². The minimum absolute atomic E-state index is 0.0442. The highest BCUT2D eigenvalue weighted by atomic mass is 79.9. The number of aliphatic hydroxyl groups is 1. The van der Waals surface area contributed by atoms with E-state index in [1.165, 1.54) is 6.42 Å². The molecule has 2 atom stereocenters. The van der Waals surface area contributed by atoms with Crippen molar-refractivity contribution in [3.05, 3.63) is 34.3 Å². The van der Waals surface area contributed by atoms with Crippen molar-refractivity contribution in [3.8, 4) is 0 Å². The molecule has 2 unspecified atom stereocenters. The van der Waals surface area contributed by atoms with Crippen molar-refractivity contribution < 1.29 is 9.90 Å². The van der Waals surface area contributed by atoms with E-state index >= 15 is 0 Å². The molecular weight excluding hydrogens is 320 g/mol. The number of benzene rings is 1. The lowest BCUT2D eigenvalue weighted by molar-refractivity contribution is 0.197. The van der Waals surface area contributed by atoms with Gasteiger partial charge in [-0.25, -0.2) is 4.79 Å². The van der Waals surface area contributed by atoms with Crippen molar-refractivity contribution in [1.29, 1.82) is 0 Å². The molecule has 1 saturated carbocycles. The predicted octanol–water partition coefficient (Wildman–Crippen LogP) is 2.97. The smallest absolute Gasteiger partial charge is 0.315 e. The van der Waals surface area contributed by atoms with E-state index < -0.39 is 0 Å². The third kappa shape index (κ3) is 3.96. The number of nitrogens with one attached hydrogen (secondary N) is 2. The van der Waals surface area contributed by atoms with Crippen LogP contribution in [0.25, 0.3) is 0 Å². The number of amides is 2. The van der Waals surface area contributed by atoms with Crippen LogP contribution in [0.15, 0.2) is 28.7 Å². The number of carbonyl (C=O) groups excluding carboxylic acids is 1. The number of rotatable bonds is 5. The number of hydrogen-bond donors (Lipinski definition) is 3. The van der Waals surface area contributed by atoms with Gasteiger partial charge in [-0.1, -0.05) is 34.5 Å². The van der Waals surface area contributed by atoms with Crippen LogP contribution >= 0.6 is 15.9 Å². The first-order chi connectivity index (χ1) is 9.60. The summed E-state index contributed by atoms with van der Waals surface area (Å²) in [6.07, 6.45) is 3.53. The number of urea groups is 1. The molecule has 2 rings (SSSR count). The molecule has 0 radical (unpaired) electrons. The van der Waals surface area contributed by atoms with Gasteiger partial charge in [-0.3, -0.25) is 0 Å². The Bertz CT molecular complexity index is 446. The fraction of sp³-hybridized carbons (Fsp3) is 0.533. The predicted molar refractivity (Wildman–Crippen MR) is 82.4 cm³/mol. The molecule has 1 aromatic rings. The molecule has 0 heterocycles. The Kier molecular flexibility index (Phi) is 5.43. The molecule has 110 valence electrons. The first kappa shape index (κ1) is 15.3. The van der Waals surface area contributed by atoms with Crippen molar-refractivity contribution in [2.45, 2.75) is 38.3 Å². The van der Waals surface area contributed by atoms with E-state index in [9.17, 15) is 4.79 Å². The van der Waals surface area contributed by atoms with E-state index in [0.29, 0.717) is 5.92 Å². The molecular formula is C15H21BrN2O2. The average molecular weight is 341 g/mol. The number of halogens is 1. The van der Waals surface area contributed by atoms with E-state index in [-0.39, 0.29) is 24.7 Å². The highest BCUT2D eigenvalue weighted by molar-refractivity contribution is 9.10. The van der Waals surface area contributed by atoms with Crippen LogP contribution in [0.5, 0.6) is 0 Å². The molecule has 0 spiro atoms. The van der Waals surface area contributed by atoms with Crippen LogP contribution in [0.3, 0.4) is 0 Å². The minimum atomic E-state index is -0.234. The normalized spacial score (nSPS) is 17.9. The van der Waals surface area contributed by atoms with Gasteiger partial charge in [-0.15, -0.1) is 0 Å². The summed E-state index contributed by atoms with van der Waals surface area (Å²) >= 11 is 3.43. The van der Waals surface area contributed by atoms with Crippen molar-refractivity contribution in [1.82, 2.24) is 10.6 Å². The van der Waals surface area contributed by atoms with Gasteiger partial charge in [-0.2, -0.15) is 0 Å². The van der Waals surface area contributed by atoms with Gasteiger partial charge in [0.2, 0.25) is 0 Å². The lowest BCUT2D eigenvalue weighted by Crippen LogP contribution is -2.46. The van der Waals surface area contributed by atoms with Crippen LogP contribution in [0, 0.1) is 5.92 Å². The van der Waals surface area contributed by atoms with E-state index in [4.69, 9.17) is 5.11 Å². The lowest BCUT2D eigenvalue weighted by atomic mass is 9.77. The third-order valence-corrected chi connectivity index (χ3v) is 4.32. The van der Waals surface area contributed by atoms with Crippen LogP contribution in [0.1, 0.15) is 37.8 Å². The Morgan fingerprint density at radius 1 is 1.35 bits per heavy atom. The summed E-state index contributed by atoms with van der Waals surface area (Å²) in [5, 5.41) is 14.8. The first-order valence-corrected chi connectivity index (χ1v) is 7.83. The van der Waals surface area contributed by atoms with Crippen LogP contribution in [0.4, 0.5) is 4.79 Å². The molecule has 1 aliphatic rings. The zero-order chi connectivity index (χ0) is 14.5. The van der Waals surface area contributed by atoms with Crippen molar-refractivity contribution in [2.75, 3.05) is 6.61 Å². The van der Waals surface area contributed by atoms with Gasteiger partial charge < -0.3 is 15.7 Å². The summed E-state index contributed by atoms with van der Waals surface area (Å²) in [5.74, 6) is 0.506. The number of carbonyl (C=O) groups is 1. The average Bonchev–Trinajstić information content (AvgIpc) is 2.36. The van der Waals surface area contributed by atoms with Crippen LogP contribution in [0.2, 0.25) is 0 Å². The summed E-state index contributed by atoms with van der Waals surface area (Å²) in [6, 6.07) is 7.68. The van der Waals surface area contributed by atoms with E-state index in [1.807, 2.05) is 24.3 Å². The first-order valence-electron chi connectivity index (χ1n) is 7.03. The molecule has 3 N–H and O–H groups in total. The zero-order valence-corrected chi connectivity index (χ0v) is 13.2. The van der Waals surface area contributed by atoms with Gasteiger partial charge in [-0.05, 0) is 43.4 Å². The van der Waals surface area contributed by atoms with E-state index in [1.54, 1.807) is 6.92 Å². The molecule has 2 amide bonds. The standard InChI is InChI=1S/C15H21BrN2O2/c1-10(9-19)17-15(20)18-14(11-3-2-4-11)12-5-7-13(16)8-6-12/h5-8,10-11,14,19H,2-4,9H2,1H3,(H2,17,18,20). The van der Waals surface area contributed by atoms with Gasteiger partial charge >= 0.3 is 6.03 Å². The zero-order valence-electron chi connectivity index (χ0n) is 11.6. The molecule has 0 aromatic heterocycles. The molecule has 0 saturated heterocycles. The molecule has 1 aliphatic carbocycles. The summed E-state index contributed by atoms with van der Waals surface area (Å²) in [5.41, 5.74) is 1.13. The highest BCUT2D eigenvalue weighted by Crippen LogP contribution is 2.37. The lowest BCUT2D eigenvalue weighted by Gasteiger charge is -2.35. The SMILES string of the molecule is CC(CO)NC(=O)NC(c1ccc(Br)cc1)C1CCC1. The maximum Gasteiger partial charge on any atom is 0.315 e. The Balaban J connectivity index is 2.04. The molecule has 20 heavy (non-hydrogen) atoms. The van der Waals surface area contributed by atoms with E-state index in [0.717, 1.165) is 22.9 Å². The molecule has 0 aliphatic heterocycles. The Labute approximate surface area is 128 Å². The number of hydrogen-bond acceptors (Lipinski definition) is 2. The van der Waals surface area contributed by atoms with Crippen LogP contribution in [-0.4, -0.2) is 23.8 Å². The topological polar surface area (TPSA) is 61.4 Å².